The Morgan fingerprint density at radius 2 is 1.39 bits per heavy atom. The van der Waals surface area contributed by atoms with Gasteiger partial charge in [0.05, 0.1) is 0 Å². The average Bonchev–Trinajstić information content (AvgIpc) is 2.56. The Hall–Kier alpha value is -0.180. The molecule has 23 heavy (non-hydrogen) atoms. The molecule has 0 aromatic carbocycles. The largest absolute Gasteiger partial charge is 0.304 e. The molecule has 2 nitrogen and oxygen atoms in total. The van der Waals surface area contributed by atoms with Crippen molar-refractivity contribution in [3.63, 3.8) is 0 Å². The number of hydrogen-bond donors (Lipinski definition) is 0. The van der Waals surface area contributed by atoms with Crippen molar-refractivity contribution in [2.45, 2.75) is 105 Å². The van der Waals surface area contributed by atoms with Gasteiger partial charge in [0, 0.05) is 25.3 Å². The van der Waals surface area contributed by atoms with Crippen LogP contribution in [0.1, 0.15) is 105 Å². The summed E-state index contributed by atoms with van der Waals surface area (Å²) in [5.74, 6) is 2.59. The first-order chi connectivity index (χ1) is 11.3. The molecule has 0 N–H and O–H groups in total. The number of aliphatic imine (C=N–C) groups is 1. The average molecular weight is 343 g/mol. The van der Waals surface area contributed by atoms with Crippen LogP contribution >= 0.6 is 11.9 Å². The van der Waals surface area contributed by atoms with Gasteiger partial charge in [-0.25, -0.2) is 0 Å². The van der Waals surface area contributed by atoms with E-state index >= 15 is 0 Å². The smallest absolute Gasteiger partial charge is 0.109 e. The summed E-state index contributed by atoms with van der Waals surface area (Å²) < 4.78 is 2.49. The van der Waals surface area contributed by atoms with Gasteiger partial charge in [-0.3, -0.25) is 4.99 Å². The third-order valence-electron chi connectivity index (χ3n) is 3.95. The van der Waals surface area contributed by atoms with E-state index in [0.29, 0.717) is 0 Å². The minimum atomic E-state index is 0.980. The van der Waals surface area contributed by atoms with Crippen LogP contribution < -0.4 is 0 Å². The van der Waals surface area contributed by atoms with Crippen molar-refractivity contribution < 1.29 is 0 Å². The van der Waals surface area contributed by atoms with Crippen molar-refractivity contribution in [3.8, 4) is 0 Å². The lowest BCUT2D eigenvalue weighted by Crippen LogP contribution is -2.26. The van der Waals surface area contributed by atoms with E-state index in [1.165, 1.54) is 75.8 Å². The minimum Gasteiger partial charge on any atom is -0.304 e. The van der Waals surface area contributed by atoms with E-state index < -0.39 is 0 Å². The Morgan fingerprint density at radius 3 is 1.96 bits per heavy atom. The molecule has 0 rings (SSSR count). The van der Waals surface area contributed by atoms with Crippen molar-refractivity contribution in [1.29, 1.82) is 0 Å². The van der Waals surface area contributed by atoms with Gasteiger partial charge < -0.3 is 4.31 Å². The lowest BCUT2D eigenvalue weighted by molar-refractivity contribution is 0.584. The third kappa shape index (κ3) is 13.9. The summed E-state index contributed by atoms with van der Waals surface area (Å²) in [6.07, 6.45) is 15.9. The predicted octanol–water partition coefficient (Wildman–Crippen LogP) is 7.10. The van der Waals surface area contributed by atoms with E-state index in [9.17, 15) is 0 Å². The van der Waals surface area contributed by atoms with Gasteiger partial charge in [-0.2, -0.15) is 0 Å². The molecule has 138 valence electrons. The summed E-state index contributed by atoms with van der Waals surface area (Å²) >= 11 is 2.02. The predicted molar refractivity (Wildman–Crippen MR) is 110 cm³/mol. The zero-order chi connectivity index (χ0) is 17.2. The molecule has 0 saturated carbocycles. The zero-order valence-corrected chi connectivity index (χ0v) is 17.2. The first-order valence-electron chi connectivity index (χ1n) is 10.2. The van der Waals surface area contributed by atoms with Gasteiger partial charge >= 0.3 is 0 Å². The molecule has 0 unspecified atom stereocenters. The SMILES string of the molecule is CCCCCCCCCCSN(CCC)C(CCC)=NCCC. The Balaban J connectivity index is 3.93. The topological polar surface area (TPSA) is 15.6 Å². The van der Waals surface area contributed by atoms with E-state index in [4.69, 9.17) is 4.99 Å². The van der Waals surface area contributed by atoms with Crippen LogP contribution in [0.2, 0.25) is 0 Å². The second kappa shape index (κ2) is 18.2. The maximum atomic E-state index is 4.83. The van der Waals surface area contributed by atoms with E-state index in [-0.39, 0.29) is 0 Å². The molecule has 0 radical (unpaired) electrons. The van der Waals surface area contributed by atoms with Crippen LogP contribution in [0.5, 0.6) is 0 Å². The minimum absolute atomic E-state index is 0.980. The number of nitrogens with zero attached hydrogens (tertiary/aromatic N) is 2. The highest BCUT2D eigenvalue weighted by atomic mass is 32.2. The molecule has 0 bridgehead atoms. The fourth-order valence-corrected chi connectivity index (χ4v) is 3.79. The van der Waals surface area contributed by atoms with Crippen LogP contribution in [0, 0.1) is 0 Å². The van der Waals surface area contributed by atoms with Gasteiger partial charge in [-0.05, 0) is 37.6 Å². The highest BCUT2D eigenvalue weighted by molar-refractivity contribution is 7.97. The maximum Gasteiger partial charge on any atom is 0.109 e. The summed E-state index contributed by atoms with van der Waals surface area (Å²) in [6, 6.07) is 0. The van der Waals surface area contributed by atoms with Crippen LogP contribution in [0.25, 0.3) is 0 Å². The highest BCUT2D eigenvalue weighted by Crippen LogP contribution is 2.18. The maximum absolute atomic E-state index is 4.83. The summed E-state index contributed by atoms with van der Waals surface area (Å²) in [5, 5.41) is 0. The monoisotopic (exact) mass is 342 g/mol. The van der Waals surface area contributed by atoms with Gasteiger partial charge in [0.15, 0.2) is 0 Å². The molecule has 0 aromatic rings. The number of unbranched alkanes of at least 4 members (excludes halogenated alkanes) is 7. The Bertz CT molecular complexity index is 266. The molecule has 0 amide bonds. The number of amidine groups is 1. The molecule has 0 fully saturated rings. The molecule has 0 aromatic heterocycles. The summed E-state index contributed by atoms with van der Waals surface area (Å²) in [6.45, 7) is 11.2. The summed E-state index contributed by atoms with van der Waals surface area (Å²) in [5.41, 5.74) is 0. The lowest BCUT2D eigenvalue weighted by atomic mass is 10.1. The van der Waals surface area contributed by atoms with Crippen LogP contribution in [0.15, 0.2) is 4.99 Å². The molecule has 0 heterocycles. The normalized spacial score (nSPS) is 11.9. The van der Waals surface area contributed by atoms with Crippen molar-refractivity contribution in [3.05, 3.63) is 0 Å². The van der Waals surface area contributed by atoms with Crippen LogP contribution in [-0.4, -0.2) is 29.0 Å². The quantitative estimate of drug-likeness (QED) is 0.129. The molecule has 0 saturated heterocycles. The molecule has 3 heteroatoms. The van der Waals surface area contributed by atoms with E-state index in [2.05, 4.69) is 32.0 Å². The van der Waals surface area contributed by atoms with Crippen molar-refractivity contribution in [2.24, 2.45) is 4.99 Å². The fraction of sp³-hybridized carbons (Fsp3) is 0.950. The van der Waals surface area contributed by atoms with Gasteiger partial charge in [0.1, 0.15) is 5.84 Å². The second-order valence-electron chi connectivity index (χ2n) is 6.46. The standard InChI is InChI=1S/C20H42N2S/c1-5-9-10-11-12-13-14-15-19-23-22(18-8-4)20(16-6-2)21-17-7-3/h5-19H2,1-4H3. The molecule has 0 aliphatic rings. The van der Waals surface area contributed by atoms with Crippen LogP contribution in [0.4, 0.5) is 0 Å². The summed E-state index contributed by atoms with van der Waals surface area (Å²) in [4.78, 5) is 4.83. The van der Waals surface area contributed by atoms with E-state index in [1.54, 1.807) is 0 Å². The first kappa shape index (κ1) is 22.8. The highest BCUT2D eigenvalue weighted by Gasteiger charge is 2.10. The van der Waals surface area contributed by atoms with E-state index in [0.717, 1.165) is 25.9 Å². The van der Waals surface area contributed by atoms with Gasteiger partial charge in [0.2, 0.25) is 0 Å². The Labute approximate surface area is 151 Å². The van der Waals surface area contributed by atoms with Gasteiger partial charge in [0.25, 0.3) is 0 Å². The van der Waals surface area contributed by atoms with Crippen molar-refractivity contribution in [1.82, 2.24) is 4.31 Å². The van der Waals surface area contributed by atoms with Gasteiger partial charge in [-0.15, -0.1) is 0 Å². The first-order valence-corrected chi connectivity index (χ1v) is 11.2. The summed E-state index contributed by atoms with van der Waals surface area (Å²) in [7, 11) is 0. The Kier molecular flexibility index (Phi) is 18.0. The van der Waals surface area contributed by atoms with Crippen molar-refractivity contribution >= 4 is 17.8 Å². The molecule has 0 aliphatic carbocycles. The van der Waals surface area contributed by atoms with Crippen molar-refractivity contribution in [2.75, 3.05) is 18.8 Å². The zero-order valence-electron chi connectivity index (χ0n) is 16.4. The fourth-order valence-electron chi connectivity index (χ4n) is 2.63. The lowest BCUT2D eigenvalue weighted by Gasteiger charge is -2.24. The molecular formula is C20H42N2S. The van der Waals surface area contributed by atoms with Crippen LogP contribution in [0.3, 0.4) is 0 Å². The molecule has 0 aliphatic heterocycles. The molecule has 0 atom stereocenters. The second-order valence-corrected chi connectivity index (χ2v) is 7.57. The van der Waals surface area contributed by atoms with Crippen LogP contribution in [-0.2, 0) is 0 Å². The number of rotatable bonds is 16. The van der Waals surface area contributed by atoms with Gasteiger partial charge in [-0.1, -0.05) is 72.6 Å². The molecule has 0 spiro atoms. The van der Waals surface area contributed by atoms with E-state index in [1.807, 2.05) is 11.9 Å². The number of hydrogen-bond acceptors (Lipinski definition) is 2. The molecular weight excluding hydrogens is 300 g/mol. The Morgan fingerprint density at radius 1 is 0.739 bits per heavy atom. The third-order valence-corrected chi connectivity index (χ3v) is 5.13.